The van der Waals surface area contributed by atoms with E-state index in [0.29, 0.717) is 23.3 Å². The van der Waals surface area contributed by atoms with E-state index in [9.17, 15) is 10.2 Å². The van der Waals surface area contributed by atoms with Gasteiger partial charge in [0.05, 0.1) is 0 Å². The van der Waals surface area contributed by atoms with Crippen LogP contribution < -0.4 is 0 Å². The summed E-state index contributed by atoms with van der Waals surface area (Å²) in [5.74, 6) is 1.87. The van der Waals surface area contributed by atoms with Crippen molar-refractivity contribution in [3.8, 4) is 11.5 Å². The van der Waals surface area contributed by atoms with E-state index in [0.717, 1.165) is 28.7 Å². The molecular weight excluding hydrogens is 344 g/mol. The van der Waals surface area contributed by atoms with Crippen LogP contribution in [0.2, 0.25) is 0 Å². The van der Waals surface area contributed by atoms with Crippen molar-refractivity contribution in [1.82, 2.24) is 0 Å². The van der Waals surface area contributed by atoms with E-state index in [4.69, 9.17) is 0 Å². The number of benzene rings is 2. The van der Waals surface area contributed by atoms with E-state index in [1.807, 2.05) is 12.1 Å². The molecule has 0 aliphatic rings. The van der Waals surface area contributed by atoms with Gasteiger partial charge in [-0.1, -0.05) is 60.6 Å². The fraction of sp³-hybridized carbons (Fsp3) is 0.538. The van der Waals surface area contributed by atoms with Crippen LogP contribution in [-0.2, 0) is 11.8 Å². The van der Waals surface area contributed by atoms with Gasteiger partial charge in [-0.15, -0.1) is 0 Å². The highest BCUT2D eigenvalue weighted by atomic mass is 16.3. The molecule has 0 saturated heterocycles. The van der Waals surface area contributed by atoms with Gasteiger partial charge in [0.1, 0.15) is 11.5 Å². The number of hydrogen-bond donors (Lipinski definition) is 2. The molecule has 2 rings (SSSR count). The summed E-state index contributed by atoms with van der Waals surface area (Å²) in [5, 5.41) is 21.0. The molecule has 1 atom stereocenters. The highest BCUT2D eigenvalue weighted by molar-refractivity contribution is 5.52. The van der Waals surface area contributed by atoms with E-state index in [2.05, 4.69) is 74.4 Å². The average Bonchev–Trinajstić information content (AvgIpc) is 2.51. The van der Waals surface area contributed by atoms with Crippen LogP contribution in [0.1, 0.15) is 87.8 Å². The highest BCUT2D eigenvalue weighted by Crippen LogP contribution is 2.42. The van der Waals surface area contributed by atoms with Gasteiger partial charge in [0, 0.05) is 5.92 Å². The second kappa shape index (κ2) is 8.19. The summed E-state index contributed by atoms with van der Waals surface area (Å²) in [6.45, 7) is 19.4. The van der Waals surface area contributed by atoms with Gasteiger partial charge >= 0.3 is 0 Å². The third kappa shape index (κ3) is 4.71. The van der Waals surface area contributed by atoms with E-state index in [1.165, 1.54) is 11.1 Å². The molecule has 0 radical (unpaired) electrons. The predicted octanol–water partition coefficient (Wildman–Crippen LogP) is 7.00. The van der Waals surface area contributed by atoms with Crippen LogP contribution >= 0.6 is 0 Å². The van der Waals surface area contributed by atoms with Crippen LogP contribution in [0.15, 0.2) is 24.3 Å². The number of hydrogen-bond acceptors (Lipinski definition) is 2. The van der Waals surface area contributed by atoms with Crippen LogP contribution in [0.4, 0.5) is 0 Å². The molecule has 2 heteroatoms. The van der Waals surface area contributed by atoms with Crippen LogP contribution in [-0.4, -0.2) is 10.2 Å². The lowest BCUT2D eigenvalue weighted by Crippen LogP contribution is -2.16. The molecule has 154 valence electrons. The average molecular weight is 383 g/mol. The van der Waals surface area contributed by atoms with E-state index in [-0.39, 0.29) is 11.3 Å². The van der Waals surface area contributed by atoms with E-state index >= 15 is 0 Å². The molecule has 0 aromatic heterocycles. The Kier molecular flexibility index (Phi) is 6.53. The fourth-order valence-corrected chi connectivity index (χ4v) is 4.23. The van der Waals surface area contributed by atoms with E-state index in [1.54, 1.807) is 0 Å². The lowest BCUT2D eigenvalue weighted by Gasteiger charge is -2.29. The van der Waals surface area contributed by atoms with Gasteiger partial charge < -0.3 is 10.2 Å². The molecule has 2 nitrogen and oxygen atoms in total. The van der Waals surface area contributed by atoms with Crippen molar-refractivity contribution in [3.05, 3.63) is 57.6 Å². The van der Waals surface area contributed by atoms with Gasteiger partial charge in [-0.05, 0) is 83.0 Å². The second-order valence-electron chi connectivity index (χ2n) is 10.1. The molecule has 2 aromatic rings. The molecule has 2 aromatic carbocycles. The maximum atomic E-state index is 10.5. The monoisotopic (exact) mass is 382 g/mol. The number of phenolic OH excluding ortho intramolecular Hbond substituents is 2. The van der Waals surface area contributed by atoms with Crippen molar-refractivity contribution in [1.29, 1.82) is 0 Å². The van der Waals surface area contributed by atoms with Crippen LogP contribution in [0.25, 0.3) is 0 Å². The van der Waals surface area contributed by atoms with Crippen molar-refractivity contribution >= 4 is 0 Å². The van der Waals surface area contributed by atoms with Gasteiger partial charge in [-0.2, -0.15) is 0 Å². The Labute approximate surface area is 171 Å². The number of rotatable bonds is 5. The van der Waals surface area contributed by atoms with Gasteiger partial charge in [-0.3, -0.25) is 0 Å². The summed E-state index contributed by atoms with van der Waals surface area (Å²) >= 11 is 0. The molecule has 0 aliphatic heterocycles. The molecule has 1 unspecified atom stereocenters. The van der Waals surface area contributed by atoms with Crippen molar-refractivity contribution < 1.29 is 10.2 Å². The molecule has 0 heterocycles. The predicted molar refractivity (Wildman–Crippen MR) is 120 cm³/mol. The molecule has 2 N–H and O–H groups in total. The smallest absolute Gasteiger partial charge is 0.119 e. The zero-order chi connectivity index (χ0) is 21.4. The molecule has 0 spiro atoms. The minimum Gasteiger partial charge on any atom is -0.508 e. The summed E-state index contributed by atoms with van der Waals surface area (Å²) in [4.78, 5) is 0. The lowest BCUT2D eigenvalue weighted by molar-refractivity contribution is 0.444. The normalized spacial score (nSPS) is 13.4. The topological polar surface area (TPSA) is 40.5 Å². The van der Waals surface area contributed by atoms with Crippen molar-refractivity contribution in [3.63, 3.8) is 0 Å². The largest absolute Gasteiger partial charge is 0.508 e. The quantitative estimate of drug-likeness (QED) is 0.584. The van der Waals surface area contributed by atoms with Crippen LogP contribution in [0, 0.1) is 25.7 Å². The highest BCUT2D eigenvalue weighted by Gasteiger charge is 2.27. The number of aryl methyl sites for hydroxylation is 2. The van der Waals surface area contributed by atoms with Crippen LogP contribution in [0.5, 0.6) is 11.5 Å². The summed E-state index contributed by atoms with van der Waals surface area (Å²) in [7, 11) is 0. The van der Waals surface area contributed by atoms with Gasteiger partial charge in [-0.25, -0.2) is 0 Å². The summed E-state index contributed by atoms with van der Waals surface area (Å²) < 4.78 is 0. The Morgan fingerprint density at radius 1 is 0.786 bits per heavy atom. The minimum absolute atomic E-state index is 0.124. The van der Waals surface area contributed by atoms with Crippen molar-refractivity contribution in [2.45, 2.75) is 80.1 Å². The number of phenols is 2. The lowest BCUT2D eigenvalue weighted by atomic mass is 9.75. The molecular formula is C26H38O2. The third-order valence-corrected chi connectivity index (χ3v) is 5.62. The van der Waals surface area contributed by atoms with Gasteiger partial charge in [0.25, 0.3) is 0 Å². The Bertz CT molecular complexity index is 838. The first kappa shape index (κ1) is 22.3. The fourth-order valence-electron chi connectivity index (χ4n) is 4.23. The van der Waals surface area contributed by atoms with Gasteiger partial charge in [0.15, 0.2) is 0 Å². The molecule has 28 heavy (non-hydrogen) atoms. The zero-order valence-corrected chi connectivity index (χ0v) is 19.1. The van der Waals surface area contributed by atoms with Crippen molar-refractivity contribution in [2.24, 2.45) is 11.8 Å². The first-order valence-electron chi connectivity index (χ1n) is 10.5. The number of aromatic hydroxyl groups is 2. The summed E-state index contributed by atoms with van der Waals surface area (Å²) in [6.07, 6.45) is 0.867. The maximum absolute atomic E-state index is 10.5. The maximum Gasteiger partial charge on any atom is 0.119 e. The van der Waals surface area contributed by atoms with Crippen molar-refractivity contribution in [2.75, 3.05) is 0 Å². The summed E-state index contributed by atoms with van der Waals surface area (Å²) in [6, 6.07) is 8.24. The molecule has 0 saturated carbocycles. The first-order chi connectivity index (χ1) is 12.8. The third-order valence-electron chi connectivity index (χ3n) is 5.62. The van der Waals surface area contributed by atoms with E-state index < -0.39 is 0 Å². The standard InChI is InChI=1S/C26H38O2/c1-15(2)10-19-13-20(17(5)11-23(19)27)25(16(3)4)21-14-22(26(7,8)9)24(28)12-18(21)6/h11-16,25,27-28H,10H2,1-9H3. The zero-order valence-electron chi connectivity index (χ0n) is 19.1. The summed E-state index contributed by atoms with van der Waals surface area (Å²) in [5.41, 5.74) is 6.65. The SMILES string of the molecule is Cc1cc(O)c(CC(C)C)cc1C(c1cc(C(C)(C)C)c(O)cc1C)C(C)C. The Morgan fingerprint density at radius 2 is 1.29 bits per heavy atom. The Hall–Kier alpha value is -1.96. The Morgan fingerprint density at radius 3 is 1.75 bits per heavy atom. The van der Waals surface area contributed by atoms with Crippen LogP contribution in [0.3, 0.4) is 0 Å². The molecule has 0 aliphatic carbocycles. The first-order valence-corrected chi connectivity index (χ1v) is 10.5. The Balaban J connectivity index is 2.71. The molecule has 0 fully saturated rings. The molecule has 0 amide bonds. The minimum atomic E-state index is -0.124. The second-order valence-corrected chi connectivity index (χ2v) is 10.1. The van der Waals surface area contributed by atoms with Gasteiger partial charge in [0.2, 0.25) is 0 Å². The molecule has 0 bridgehead atoms.